The van der Waals surface area contributed by atoms with Gasteiger partial charge in [-0.25, -0.2) is 24.6 Å². The minimum Gasteiger partial charge on any atom is -0.484 e. The molecule has 5 heterocycles. The number of aliphatic hydroxyl groups excluding tert-OH is 1. The molecule has 0 radical (unpaired) electrons. The van der Waals surface area contributed by atoms with Gasteiger partial charge in [0.25, 0.3) is 5.88 Å². The van der Waals surface area contributed by atoms with Gasteiger partial charge in [-0.05, 0) is 30.9 Å². The van der Waals surface area contributed by atoms with Gasteiger partial charge in [0.2, 0.25) is 0 Å². The molecule has 0 amide bonds. The van der Waals surface area contributed by atoms with E-state index in [-0.39, 0.29) is 5.92 Å². The lowest BCUT2D eigenvalue weighted by Crippen LogP contribution is -2.21. The number of nitrogens with zero attached hydrogens (tertiary/aromatic N) is 6. The second kappa shape index (κ2) is 9.83. The highest BCUT2D eigenvalue weighted by Crippen LogP contribution is 2.38. The summed E-state index contributed by atoms with van der Waals surface area (Å²) in [7, 11) is 0. The molecule has 35 heavy (non-hydrogen) atoms. The monoisotopic (exact) mass is 475 g/mol. The Bertz CT molecular complexity index is 1320. The van der Waals surface area contributed by atoms with Gasteiger partial charge in [0.05, 0.1) is 24.5 Å². The highest BCUT2D eigenvalue weighted by Gasteiger charge is 2.24. The predicted molar refractivity (Wildman–Crippen MR) is 132 cm³/mol. The van der Waals surface area contributed by atoms with Crippen molar-refractivity contribution in [1.82, 2.24) is 29.7 Å². The molecule has 1 aliphatic rings. The van der Waals surface area contributed by atoms with Crippen LogP contribution in [0.3, 0.4) is 0 Å². The summed E-state index contributed by atoms with van der Waals surface area (Å²) >= 11 is 0. The number of anilines is 1. The Labute approximate surface area is 203 Å². The fraction of sp³-hybridized carbons (Fsp3) is 0.400. The molecule has 0 saturated carbocycles. The first-order chi connectivity index (χ1) is 17.0. The number of aromatic nitrogens is 6. The van der Waals surface area contributed by atoms with Crippen LogP contribution in [0.1, 0.15) is 32.3 Å². The quantitative estimate of drug-likeness (QED) is 0.395. The molecule has 0 fully saturated rings. The predicted octanol–water partition coefficient (Wildman–Crippen LogP) is 3.29. The van der Waals surface area contributed by atoms with E-state index in [9.17, 15) is 5.11 Å². The summed E-state index contributed by atoms with van der Waals surface area (Å²) in [5.74, 6) is 2.59. The van der Waals surface area contributed by atoms with E-state index in [4.69, 9.17) is 9.47 Å². The van der Waals surface area contributed by atoms with Gasteiger partial charge in [0.15, 0.2) is 11.4 Å². The first-order valence-electron chi connectivity index (χ1n) is 11.8. The van der Waals surface area contributed by atoms with Crippen LogP contribution in [-0.4, -0.2) is 60.7 Å². The molecule has 4 aromatic rings. The van der Waals surface area contributed by atoms with Crippen molar-refractivity contribution in [2.24, 2.45) is 5.92 Å². The SMILES string of the molecule is CC(CNc1cc(-c2cnc3c(cnn3C[C@H](C)O)c2)ncn1)C(C)c1ccnc2c1OCCO2. The van der Waals surface area contributed by atoms with Crippen molar-refractivity contribution in [3.8, 4) is 22.9 Å². The molecular formula is C25H29N7O3. The van der Waals surface area contributed by atoms with E-state index in [1.165, 1.54) is 0 Å². The number of ether oxygens (including phenoxy) is 2. The number of nitrogens with one attached hydrogen (secondary N) is 1. The fourth-order valence-electron chi connectivity index (χ4n) is 4.19. The number of fused-ring (bicyclic) bond motifs is 2. The summed E-state index contributed by atoms with van der Waals surface area (Å²) in [4.78, 5) is 17.7. The van der Waals surface area contributed by atoms with E-state index in [2.05, 4.69) is 44.2 Å². The lowest BCUT2D eigenvalue weighted by molar-refractivity contribution is 0.161. The Balaban J connectivity index is 1.28. The van der Waals surface area contributed by atoms with Crippen molar-refractivity contribution in [2.75, 3.05) is 25.1 Å². The van der Waals surface area contributed by atoms with Crippen LogP contribution in [-0.2, 0) is 6.54 Å². The summed E-state index contributed by atoms with van der Waals surface area (Å²) in [6.45, 7) is 8.29. The molecule has 2 N–H and O–H groups in total. The van der Waals surface area contributed by atoms with Crippen molar-refractivity contribution in [3.05, 3.63) is 48.7 Å². The molecular weight excluding hydrogens is 446 g/mol. The third-order valence-electron chi connectivity index (χ3n) is 6.30. The van der Waals surface area contributed by atoms with E-state index >= 15 is 0 Å². The standard InChI is InChI=1S/C25H29N7O3/c1-15(17(3)20-4-5-26-25-23(20)34-6-7-35-25)10-27-22-9-21(29-14-30-22)18-8-19-12-31-32(13-16(2)33)24(19)28-11-18/h4-5,8-9,11-12,14-17,33H,6-7,10,13H2,1-3H3,(H,27,29,30)/t15?,16-,17?/m0/s1. The highest BCUT2D eigenvalue weighted by molar-refractivity contribution is 5.80. The molecule has 0 saturated heterocycles. The van der Waals surface area contributed by atoms with Crippen LogP contribution in [0.15, 0.2) is 43.1 Å². The van der Waals surface area contributed by atoms with Gasteiger partial charge in [0, 0.05) is 41.5 Å². The molecule has 0 bridgehead atoms. The third kappa shape index (κ3) is 4.88. The normalized spacial score (nSPS) is 15.5. The van der Waals surface area contributed by atoms with Gasteiger partial charge in [-0.3, -0.25) is 0 Å². The van der Waals surface area contributed by atoms with Gasteiger partial charge in [-0.2, -0.15) is 5.10 Å². The van der Waals surface area contributed by atoms with E-state index in [0.29, 0.717) is 31.6 Å². The van der Waals surface area contributed by atoms with Gasteiger partial charge in [0.1, 0.15) is 25.4 Å². The lowest BCUT2D eigenvalue weighted by atomic mass is 9.88. The van der Waals surface area contributed by atoms with E-state index in [1.54, 1.807) is 36.5 Å². The maximum atomic E-state index is 9.66. The maximum absolute atomic E-state index is 9.66. The topological polar surface area (TPSA) is 120 Å². The minimum absolute atomic E-state index is 0.229. The Morgan fingerprint density at radius 1 is 1.06 bits per heavy atom. The van der Waals surface area contributed by atoms with Crippen molar-refractivity contribution < 1.29 is 14.6 Å². The number of hydrogen-bond acceptors (Lipinski definition) is 9. The molecule has 3 atom stereocenters. The fourth-order valence-corrected chi connectivity index (χ4v) is 4.19. The molecule has 0 spiro atoms. The Kier molecular flexibility index (Phi) is 6.45. The summed E-state index contributed by atoms with van der Waals surface area (Å²) in [5.41, 5.74) is 3.48. The molecule has 10 nitrogen and oxygen atoms in total. The number of hydrogen-bond donors (Lipinski definition) is 2. The Morgan fingerprint density at radius 3 is 2.77 bits per heavy atom. The summed E-state index contributed by atoms with van der Waals surface area (Å²) in [6, 6.07) is 5.93. The summed E-state index contributed by atoms with van der Waals surface area (Å²) < 4.78 is 13.2. The van der Waals surface area contributed by atoms with Crippen molar-refractivity contribution in [3.63, 3.8) is 0 Å². The minimum atomic E-state index is -0.495. The zero-order valence-corrected chi connectivity index (χ0v) is 20.0. The largest absolute Gasteiger partial charge is 0.484 e. The van der Waals surface area contributed by atoms with Crippen LogP contribution in [0.2, 0.25) is 0 Å². The van der Waals surface area contributed by atoms with Crippen LogP contribution in [0.4, 0.5) is 5.82 Å². The van der Waals surface area contributed by atoms with Gasteiger partial charge < -0.3 is 19.9 Å². The van der Waals surface area contributed by atoms with Gasteiger partial charge in [-0.15, -0.1) is 0 Å². The van der Waals surface area contributed by atoms with Gasteiger partial charge >= 0.3 is 0 Å². The summed E-state index contributed by atoms with van der Waals surface area (Å²) in [6.07, 6.45) is 6.36. The average Bonchev–Trinajstić information content (AvgIpc) is 3.28. The Hall–Kier alpha value is -3.79. The molecule has 182 valence electrons. The van der Waals surface area contributed by atoms with Crippen LogP contribution in [0.25, 0.3) is 22.3 Å². The molecule has 10 heteroatoms. The van der Waals surface area contributed by atoms with Crippen molar-refractivity contribution in [2.45, 2.75) is 39.3 Å². The zero-order chi connectivity index (χ0) is 24.4. The van der Waals surface area contributed by atoms with Crippen LogP contribution in [0.5, 0.6) is 11.6 Å². The molecule has 1 aliphatic heterocycles. The van der Waals surface area contributed by atoms with Gasteiger partial charge in [-0.1, -0.05) is 13.8 Å². The molecule has 5 rings (SSSR count). The van der Waals surface area contributed by atoms with Crippen LogP contribution >= 0.6 is 0 Å². The Morgan fingerprint density at radius 2 is 1.91 bits per heavy atom. The van der Waals surface area contributed by atoms with E-state index in [1.807, 2.05) is 18.2 Å². The molecule has 0 aliphatic carbocycles. The van der Waals surface area contributed by atoms with Crippen molar-refractivity contribution in [1.29, 1.82) is 0 Å². The molecule has 0 aromatic carbocycles. The van der Waals surface area contributed by atoms with Crippen molar-refractivity contribution >= 4 is 16.9 Å². The number of pyridine rings is 2. The van der Waals surface area contributed by atoms with Crippen LogP contribution < -0.4 is 14.8 Å². The second-order valence-electron chi connectivity index (χ2n) is 8.98. The van der Waals surface area contributed by atoms with Crippen LogP contribution in [0, 0.1) is 5.92 Å². The third-order valence-corrected chi connectivity index (χ3v) is 6.30. The molecule has 4 aromatic heterocycles. The highest BCUT2D eigenvalue weighted by atomic mass is 16.6. The maximum Gasteiger partial charge on any atom is 0.257 e. The number of rotatable bonds is 8. The van der Waals surface area contributed by atoms with E-state index < -0.39 is 6.10 Å². The van der Waals surface area contributed by atoms with E-state index in [0.717, 1.165) is 46.0 Å². The molecule has 2 unspecified atom stereocenters. The summed E-state index contributed by atoms with van der Waals surface area (Å²) in [5, 5.41) is 18.3. The average molecular weight is 476 g/mol. The number of aliphatic hydroxyl groups is 1. The smallest absolute Gasteiger partial charge is 0.257 e. The first kappa shape index (κ1) is 23.0. The first-order valence-corrected chi connectivity index (χ1v) is 11.8. The zero-order valence-electron chi connectivity index (χ0n) is 20.0. The second-order valence-corrected chi connectivity index (χ2v) is 8.98. The lowest BCUT2D eigenvalue weighted by Gasteiger charge is -2.26.